The predicted octanol–water partition coefficient (Wildman–Crippen LogP) is -0.0760. The highest BCUT2D eigenvalue weighted by molar-refractivity contribution is 7.59. The summed E-state index contributed by atoms with van der Waals surface area (Å²) in [5.41, 5.74) is 0.180. The smallest absolute Gasteiger partial charge is 0.335 e. The minimum absolute atomic E-state index is 0. The maximum absolute atomic E-state index is 10.7. The van der Waals surface area contributed by atoms with E-state index in [1.807, 2.05) is 0 Å². The summed E-state index contributed by atoms with van der Waals surface area (Å²) in [5, 5.41) is 29.3. The van der Waals surface area contributed by atoms with Crippen LogP contribution in [0.2, 0.25) is 0 Å². The number of carboxylic acid groups (broad SMARTS) is 1. The minimum atomic E-state index is -0.996. The van der Waals surface area contributed by atoms with Crippen LogP contribution in [-0.4, -0.2) is 49.1 Å². The van der Waals surface area contributed by atoms with Crippen molar-refractivity contribution in [3.8, 4) is 5.75 Å². The fraction of sp³-hybridized carbons (Fsp3) is 0.273. The van der Waals surface area contributed by atoms with Gasteiger partial charge < -0.3 is 14.9 Å². The number of hydrogen-bond donors (Lipinski definition) is 2. The number of benzene rings is 1. The molecule has 0 saturated carbocycles. The van der Waals surface area contributed by atoms with E-state index in [9.17, 15) is 9.90 Å². The number of hydrogen-bond acceptors (Lipinski definition) is 6. The van der Waals surface area contributed by atoms with Crippen molar-refractivity contribution in [2.75, 3.05) is 6.61 Å². The molecule has 0 bridgehead atoms. The van der Waals surface area contributed by atoms with E-state index in [0.717, 1.165) is 0 Å². The predicted molar refractivity (Wildman–Crippen MR) is 73.1 cm³/mol. The number of carboxylic acids is 1. The van der Waals surface area contributed by atoms with Gasteiger partial charge in [0.2, 0.25) is 0 Å². The van der Waals surface area contributed by atoms with Gasteiger partial charge >= 0.3 is 5.97 Å². The van der Waals surface area contributed by atoms with Crippen molar-refractivity contribution in [1.29, 1.82) is 0 Å². The van der Waals surface area contributed by atoms with E-state index in [-0.39, 0.29) is 32.2 Å². The molecular formula is C11H14N4O4S. The van der Waals surface area contributed by atoms with Crippen LogP contribution in [0.25, 0.3) is 0 Å². The van der Waals surface area contributed by atoms with Crippen LogP contribution in [0.15, 0.2) is 30.6 Å². The molecule has 0 unspecified atom stereocenters. The van der Waals surface area contributed by atoms with Crippen molar-refractivity contribution in [1.82, 2.24) is 20.2 Å². The first-order chi connectivity index (χ1) is 9.15. The van der Waals surface area contributed by atoms with Gasteiger partial charge in [0.1, 0.15) is 18.5 Å². The van der Waals surface area contributed by atoms with E-state index >= 15 is 0 Å². The molecule has 9 heteroatoms. The second-order valence-electron chi connectivity index (χ2n) is 3.79. The van der Waals surface area contributed by atoms with Crippen LogP contribution in [0.5, 0.6) is 5.75 Å². The summed E-state index contributed by atoms with van der Waals surface area (Å²) in [5.74, 6) is -0.514. The van der Waals surface area contributed by atoms with Crippen molar-refractivity contribution >= 4 is 19.5 Å². The average Bonchev–Trinajstić information content (AvgIpc) is 2.89. The third-order valence-corrected chi connectivity index (χ3v) is 2.31. The maximum Gasteiger partial charge on any atom is 0.335 e. The second-order valence-corrected chi connectivity index (χ2v) is 3.79. The molecule has 0 spiro atoms. The van der Waals surface area contributed by atoms with Gasteiger partial charge in [0.25, 0.3) is 0 Å². The van der Waals surface area contributed by atoms with Gasteiger partial charge in [-0.1, -0.05) is 0 Å². The van der Waals surface area contributed by atoms with Crippen LogP contribution < -0.4 is 4.74 Å². The zero-order chi connectivity index (χ0) is 13.7. The summed E-state index contributed by atoms with van der Waals surface area (Å²) in [6, 6.07) is 5.93. The van der Waals surface area contributed by atoms with Crippen molar-refractivity contribution in [2.45, 2.75) is 12.6 Å². The van der Waals surface area contributed by atoms with E-state index in [1.54, 1.807) is 0 Å². The Bertz CT molecular complexity index is 532. The standard InChI is InChI=1S/C11H12N4O4.H2S/c16-9(5-15-13-7-12-14-15)6-19-10-3-1-8(2-4-10)11(17)18;/h1-4,7,9,16H,5-6H2,(H,17,18);1H2/t9-;/m0./s1. The Morgan fingerprint density at radius 2 is 2.05 bits per heavy atom. The summed E-state index contributed by atoms with van der Waals surface area (Å²) in [6.07, 6.45) is 0.492. The first-order valence-electron chi connectivity index (χ1n) is 5.50. The average molecular weight is 298 g/mol. The lowest BCUT2D eigenvalue weighted by Crippen LogP contribution is -2.24. The number of carbonyl (C=O) groups is 1. The first kappa shape index (κ1) is 15.9. The lowest BCUT2D eigenvalue weighted by molar-refractivity contribution is 0.0696. The zero-order valence-corrected chi connectivity index (χ0v) is 11.4. The molecule has 0 aliphatic heterocycles. The largest absolute Gasteiger partial charge is 0.491 e. The molecule has 0 saturated heterocycles. The minimum Gasteiger partial charge on any atom is -0.491 e. The Morgan fingerprint density at radius 3 is 2.60 bits per heavy atom. The Balaban J connectivity index is 0.00000200. The van der Waals surface area contributed by atoms with Crippen molar-refractivity contribution in [3.05, 3.63) is 36.2 Å². The molecule has 108 valence electrons. The van der Waals surface area contributed by atoms with E-state index in [2.05, 4.69) is 15.4 Å². The number of aromatic nitrogens is 4. The fourth-order valence-electron chi connectivity index (χ4n) is 1.40. The van der Waals surface area contributed by atoms with E-state index in [4.69, 9.17) is 9.84 Å². The molecule has 1 heterocycles. The van der Waals surface area contributed by atoms with Gasteiger partial charge in [-0.3, -0.25) is 0 Å². The molecule has 20 heavy (non-hydrogen) atoms. The highest BCUT2D eigenvalue weighted by Gasteiger charge is 2.08. The third kappa shape index (κ3) is 4.52. The Morgan fingerprint density at radius 1 is 1.35 bits per heavy atom. The highest BCUT2D eigenvalue weighted by atomic mass is 32.1. The molecule has 0 aliphatic carbocycles. The van der Waals surface area contributed by atoms with Crippen LogP contribution in [-0.2, 0) is 6.54 Å². The molecule has 8 nitrogen and oxygen atoms in total. The van der Waals surface area contributed by atoms with Gasteiger partial charge in [0.15, 0.2) is 6.33 Å². The van der Waals surface area contributed by atoms with Crippen LogP contribution in [0.1, 0.15) is 10.4 Å². The monoisotopic (exact) mass is 298 g/mol. The van der Waals surface area contributed by atoms with Crippen LogP contribution in [0.3, 0.4) is 0 Å². The van der Waals surface area contributed by atoms with E-state index < -0.39 is 12.1 Å². The second kappa shape index (κ2) is 7.46. The molecule has 2 aromatic rings. The number of nitrogens with zero attached hydrogens (tertiary/aromatic N) is 4. The van der Waals surface area contributed by atoms with Crippen LogP contribution >= 0.6 is 13.5 Å². The number of aliphatic hydroxyl groups is 1. The van der Waals surface area contributed by atoms with Gasteiger partial charge in [-0.05, 0) is 29.5 Å². The molecule has 0 amide bonds. The highest BCUT2D eigenvalue weighted by Crippen LogP contribution is 2.12. The van der Waals surface area contributed by atoms with Gasteiger partial charge in [0, 0.05) is 0 Å². The zero-order valence-electron chi connectivity index (χ0n) is 10.4. The summed E-state index contributed by atoms with van der Waals surface area (Å²) in [4.78, 5) is 11.9. The summed E-state index contributed by atoms with van der Waals surface area (Å²) in [6.45, 7) is 0.223. The van der Waals surface area contributed by atoms with Gasteiger partial charge in [-0.2, -0.15) is 18.3 Å². The van der Waals surface area contributed by atoms with Crippen molar-refractivity contribution in [3.63, 3.8) is 0 Å². The third-order valence-electron chi connectivity index (χ3n) is 2.31. The molecule has 0 aliphatic rings. The van der Waals surface area contributed by atoms with Crippen LogP contribution in [0, 0.1) is 0 Å². The van der Waals surface area contributed by atoms with Gasteiger partial charge in [0.05, 0.1) is 12.1 Å². The van der Waals surface area contributed by atoms with E-state index in [0.29, 0.717) is 5.75 Å². The van der Waals surface area contributed by atoms with Crippen LogP contribution in [0.4, 0.5) is 0 Å². The van der Waals surface area contributed by atoms with Gasteiger partial charge in [-0.15, -0.1) is 10.2 Å². The molecule has 2 rings (SSSR count). The molecule has 1 atom stereocenters. The Labute approximate surface area is 121 Å². The molecule has 0 radical (unpaired) electrons. The number of aliphatic hydroxyl groups excluding tert-OH is 1. The number of ether oxygens (including phenoxy) is 1. The Hall–Kier alpha value is -2.13. The SMILES string of the molecule is O=C(O)c1ccc(OC[C@@H](O)Cn2ncnn2)cc1.S. The lowest BCUT2D eigenvalue weighted by atomic mass is 10.2. The quantitative estimate of drug-likeness (QED) is 0.767. The summed E-state index contributed by atoms with van der Waals surface area (Å²) in [7, 11) is 0. The molecular weight excluding hydrogens is 284 g/mol. The Kier molecular flexibility index (Phi) is 5.94. The van der Waals surface area contributed by atoms with Gasteiger partial charge in [-0.25, -0.2) is 4.79 Å². The summed E-state index contributed by atoms with van der Waals surface area (Å²) < 4.78 is 5.32. The molecule has 1 aromatic carbocycles. The van der Waals surface area contributed by atoms with Crippen molar-refractivity contribution < 1.29 is 19.7 Å². The molecule has 2 N–H and O–H groups in total. The van der Waals surface area contributed by atoms with Crippen molar-refractivity contribution in [2.24, 2.45) is 0 Å². The molecule has 1 aromatic heterocycles. The number of aromatic carboxylic acids is 1. The normalized spacial score (nSPS) is 11.4. The van der Waals surface area contributed by atoms with E-state index in [1.165, 1.54) is 35.4 Å². The topological polar surface area (TPSA) is 110 Å². The number of tetrazole rings is 1. The fourth-order valence-corrected chi connectivity index (χ4v) is 1.40. The maximum atomic E-state index is 10.7. The first-order valence-corrected chi connectivity index (χ1v) is 5.50. The summed E-state index contributed by atoms with van der Waals surface area (Å²) >= 11 is 0. The lowest BCUT2D eigenvalue weighted by Gasteiger charge is -2.11. The number of rotatable bonds is 6. The molecule has 0 fully saturated rings.